The maximum Gasteiger partial charge on any atom is 0.337 e. The standard InChI is InChI=1S/C13H17FN2O4/c1-2-16(6-3-7-17)13(20)15-11-5-4-9(14)8-10(11)12(18)19/h4-5,8,17H,2-3,6-7H2,1H3,(H,15,20)(H,18,19). The number of rotatable bonds is 6. The van der Waals surface area contributed by atoms with Gasteiger partial charge in [0, 0.05) is 19.7 Å². The van der Waals surface area contributed by atoms with Crippen molar-refractivity contribution in [1.29, 1.82) is 0 Å². The van der Waals surface area contributed by atoms with Crippen LogP contribution in [0.15, 0.2) is 18.2 Å². The van der Waals surface area contributed by atoms with Crippen LogP contribution in [-0.2, 0) is 0 Å². The van der Waals surface area contributed by atoms with Crippen LogP contribution in [0.5, 0.6) is 0 Å². The molecule has 110 valence electrons. The normalized spacial score (nSPS) is 10.2. The summed E-state index contributed by atoms with van der Waals surface area (Å²) < 4.78 is 13.0. The Morgan fingerprint density at radius 3 is 2.65 bits per heavy atom. The van der Waals surface area contributed by atoms with Crippen LogP contribution in [0.1, 0.15) is 23.7 Å². The van der Waals surface area contributed by atoms with Gasteiger partial charge in [0.15, 0.2) is 0 Å². The largest absolute Gasteiger partial charge is 0.478 e. The fourth-order valence-electron chi connectivity index (χ4n) is 1.66. The van der Waals surface area contributed by atoms with Gasteiger partial charge in [-0.05, 0) is 31.5 Å². The molecule has 0 fully saturated rings. The van der Waals surface area contributed by atoms with E-state index in [9.17, 15) is 14.0 Å². The van der Waals surface area contributed by atoms with Gasteiger partial charge in [-0.3, -0.25) is 0 Å². The minimum Gasteiger partial charge on any atom is -0.478 e. The second-order valence-electron chi connectivity index (χ2n) is 4.08. The number of amides is 2. The summed E-state index contributed by atoms with van der Waals surface area (Å²) in [6.45, 7) is 2.48. The molecule has 0 spiro atoms. The number of carboxylic acids is 1. The van der Waals surface area contributed by atoms with E-state index in [2.05, 4.69) is 5.32 Å². The molecule has 0 atom stereocenters. The number of aromatic carboxylic acids is 1. The summed E-state index contributed by atoms with van der Waals surface area (Å²) in [5.41, 5.74) is -0.275. The molecule has 0 aliphatic heterocycles. The van der Waals surface area contributed by atoms with Gasteiger partial charge in [0.25, 0.3) is 0 Å². The van der Waals surface area contributed by atoms with E-state index in [4.69, 9.17) is 10.2 Å². The quantitative estimate of drug-likeness (QED) is 0.742. The van der Waals surface area contributed by atoms with E-state index in [1.807, 2.05) is 0 Å². The molecule has 0 unspecified atom stereocenters. The third-order valence-electron chi connectivity index (χ3n) is 2.71. The lowest BCUT2D eigenvalue weighted by molar-refractivity contribution is 0.0697. The SMILES string of the molecule is CCN(CCCO)C(=O)Nc1ccc(F)cc1C(=O)O. The molecule has 0 heterocycles. The van der Waals surface area contributed by atoms with E-state index < -0.39 is 17.8 Å². The minimum atomic E-state index is -1.32. The molecule has 0 bridgehead atoms. The zero-order chi connectivity index (χ0) is 15.1. The number of carbonyl (C=O) groups is 2. The van der Waals surface area contributed by atoms with Crippen molar-refractivity contribution in [3.8, 4) is 0 Å². The van der Waals surface area contributed by atoms with Crippen molar-refractivity contribution in [2.75, 3.05) is 25.0 Å². The van der Waals surface area contributed by atoms with Crippen LogP contribution in [0.3, 0.4) is 0 Å². The van der Waals surface area contributed by atoms with Gasteiger partial charge in [-0.15, -0.1) is 0 Å². The van der Waals surface area contributed by atoms with Gasteiger partial charge in [-0.2, -0.15) is 0 Å². The summed E-state index contributed by atoms with van der Waals surface area (Å²) in [4.78, 5) is 24.4. The van der Waals surface area contributed by atoms with Gasteiger partial charge in [0.1, 0.15) is 5.82 Å². The third kappa shape index (κ3) is 4.20. The maximum absolute atomic E-state index is 13.0. The number of hydrogen-bond donors (Lipinski definition) is 3. The maximum atomic E-state index is 13.0. The summed E-state index contributed by atoms with van der Waals surface area (Å²) in [6.07, 6.45) is 0.427. The summed E-state index contributed by atoms with van der Waals surface area (Å²) >= 11 is 0. The first kappa shape index (κ1) is 15.9. The summed E-state index contributed by atoms with van der Waals surface area (Å²) in [7, 11) is 0. The van der Waals surface area contributed by atoms with Crippen molar-refractivity contribution in [1.82, 2.24) is 4.90 Å². The first-order valence-electron chi connectivity index (χ1n) is 6.19. The van der Waals surface area contributed by atoms with E-state index in [0.717, 1.165) is 12.1 Å². The van der Waals surface area contributed by atoms with Gasteiger partial charge in [0.2, 0.25) is 0 Å². The Kier molecular flexibility index (Phi) is 5.92. The number of anilines is 1. The molecule has 0 aliphatic rings. The second kappa shape index (κ2) is 7.44. The summed E-state index contributed by atoms with van der Waals surface area (Å²) in [5.74, 6) is -2.01. The van der Waals surface area contributed by atoms with E-state index in [0.29, 0.717) is 19.5 Å². The molecular weight excluding hydrogens is 267 g/mol. The van der Waals surface area contributed by atoms with Gasteiger partial charge >= 0.3 is 12.0 Å². The second-order valence-corrected chi connectivity index (χ2v) is 4.08. The topological polar surface area (TPSA) is 89.9 Å². The average molecular weight is 284 g/mol. The van der Waals surface area contributed by atoms with Crippen molar-refractivity contribution in [2.24, 2.45) is 0 Å². The van der Waals surface area contributed by atoms with Crippen LogP contribution in [0, 0.1) is 5.82 Å². The number of halogens is 1. The Morgan fingerprint density at radius 2 is 2.10 bits per heavy atom. The van der Waals surface area contributed by atoms with Crippen LogP contribution in [-0.4, -0.2) is 46.8 Å². The molecule has 0 aliphatic carbocycles. The highest BCUT2D eigenvalue weighted by Crippen LogP contribution is 2.17. The van der Waals surface area contributed by atoms with E-state index in [1.54, 1.807) is 6.92 Å². The highest BCUT2D eigenvalue weighted by atomic mass is 19.1. The van der Waals surface area contributed by atoms with Gasteiger partial charge < -0.3 is 20.4 Å². The van der Waals surface area contributed by atoms with Crippen LogP contribution in [0.2, 0.25) is 0 Å². The molecule has 0 saturated heterocycles. The van der Waals surface area contributed by atoms with Crippen LogP contribution in [0.4, 0.5) is 14.9 Å². The lowest BCUT2D eigenvalue weighted by atomic mass is 10.1. The van der Waals surface area contributed by atoms with Gasteiger partial charge in [-0.1, -0.05) is 0 Å². The molecule has 7 heteroatoms. The predicted octanol–water partition coefficient (Wildman–Crippen LogP) is 1.76. The highest BCUT2D eigenvalue weighted by Gasteiger charge is 2.16. The number of benzene rings is 1. The van der Waals surface area contributed by atoms with Gasteiger partial charge in [0.05, 0.1) is 11.3 Å². The fraction of sp³-hybridized carbons (Fsp3) is 0.385. The van der Waals surface area contributed by atoms with Gasteiger partial charge in [-0.25, -0.2) is 14.0 Å². The molecule has 0 radical (unpaired) electrons. The number of hydrogen-bond acceptors (Lipinski definition) is 3. The van der Waals surface area contributed by atoms with Crippen molar-refractivity contribution in [3.63, 3.8) is 0 Å². The zero-order valence-corrected chi connectivity index (χ0v) is 11.1. The fourth-order valence-corrected chi connectivity index (χ4v) is 1.66. The molecular formula is C13H17FN2O4. The number of nitrogens with one attached hydrogen (secondary N) is 1. The molecule has 1 aromatic carbocycles. The Balaban J connectivity index is 2.86. The molecule has 2 amide bonds. The minimum absolute atomic E-state index is 0.0337. The number of urea groups is 1. The molecule has 6 nitrogen and oxygen atoms in total. The smallest absolute Gasteiger partial charge is 0.337 e. The first-order valence-corrected chi connectivity index (χ1v) is 6.19. The van der Waals surface area contributed by atoms with Crippen LogP contribution < -0.4 is 5.32 Å². The van der Waals surface area contributed by atoms with Crippen LogP contribution >= 0.6 is 0 Å². The van der Waals surface area contributed by atoms with Crippen LogP contribution in [0.25, 0.3) is 0 Å². The predicted molar refractivity (Wildman–Crippen MR) is 71.3 cm³/mol. The Morgan fingerprint density at radius 1 is 1.40 bits per heavy atom. The average Bonchev–Trinajstić information content (AvgIpc) is 2.41. The molecule has 20 heavy (non-hydrogen) atoms. The molecule has 0 aromatic heterocycles. The van der Waals surface area contributed by atoms with Crippen molar-refractivity contribution in [2.45, 2.75) is 13.3 Å². The van der Waals surface area contributed by atoms with E-state index in [1.165, 1.54) is 11.0 Å². The number of aliphatic hydroxyl groups excluding tert-OH is 1. The summed E-state index contributed by atoms with van der Waals surface area (Å²) in [5, 5.41) is 20.2. The number of carbonyl (C=O) groups excluding carboxylic acids is 1. The van der Waals surface area contributed by atoms with E-state index in [-0.39, 0.29) is 17.9 Å². The van der Waals surface area contributed by atoms with Crippen molar-refractivity contribution < 1.29 is 24.2 Å². The molecule has 1 rings (SSSR count). The Labute approximate surface area is 115 Å². The molecule has 1 aromatic rings. The monoisotopic (exact) mass is 284 g/mol. The lowest BCUT2D eigenvalue weighted by Crippen LogP contribution is -2.36. The number of carboxylic acid groups (broad SMARTS) is 1. The first-order chi connectivity index (χ1) is 9.49. The highest BCUT2D eigenvalue weighted by molar-refractivity contribution is 6.00. The van der Waals surface area contributed by atoms with Crippen molar-refractivity contribution >= 4 is 17.7 Å². The lowest BCUT2D eigenvalue weighted by Gasteiger charge is -2.21. The molecule has 3 N–H and O–H groups in total. The summed E-state index contributed by atoms with van der Waals surface area (Å²) in [6, 6.07) is 2.64. The Bertz CT molecular complexity index is 493. The third-order valence-corrected chi connectivity index (χ3v) is 2.71. The molecule has 0 saturated carbocycles. The Hall–Kier alpha value is -2.15. The number of nitrogens with zero attached hydrogens (tertiary/aromatic N) is 1. The van der Waals surface area contributed by atoms with Crippen molar-refractivity contribution in [3.05, 3.63) is 29.6 Å². The van der Waals surface area contributed by atoms with E-state index >= 15 is 0 Å². The zero-order valence-electron chi connectivity index (χ0n) is 11.1. The number of aliphatic hydroxyl groups is 1.